The van der Waals surface area contributed by atoms with Crippen LogP contribution in [-0.2, 0) is 9.59 Å². The molecular formula is C16H25N3O3. The van der Waals surface area contributed by atoms with Gasteiger partial charge in [0.05, 0.1) is 0 Å². The zero-order valence-electron chi connectivity index (χ0n) is 13.4. The molecule has 2 unspecified atom stereocenters. The molecule has 1 aliphatic carbocycles. The van der Waals surface area contributed by atoms with Gasteiger partial charge in [0.2, 0.25) is 5.91 Å². The molecular weight excluding hydrogens is 282 g/mol. The lowest BCUT2D eigenvalue weighted by Crippen LogP contribution is -2.52. The minimum Gasteiger partial charge on any atom is -0.336 e. The summed E-state index contributed by atoms with van der Waals surface area (Å²) in [5, 5.41) is 2.83. The van der Waals surface area contributed by atoms with Crippen molar-refractivity contribution in [2.45, 2.75) is 76.4 Å². The van der Waals surface area contributed by atoms with E-state index >= 15 is 0 Å². The Hall–Kier alpha value is -1.59. The van der Waals surface area contributed by atoms with Crippen molar-refractivity contribution in [2.75, 3.05) is 6.54 Å². The summed E-state index contributed by atoms with van der Waals surface area (Å²) in [5.74, 6) is -0.320. The standard InChI is InChI=1S/C16H25N3O3/c1-11-6-5-7-12(2)19(11)13(20)10-18-14(21)16(17-15(18)22)8-3-4-9-16/h11-12H,3-10H2,1-2H3,(H,17,22). The molecule has 122 valence electrons. The average molecular weight is 307 g/mol. The first kappa shape index (κ1) is 15.3. The van der Waals surface area contributed by atoms with Gasteiger partial charge in [0.25, 0.3) is 5.91 Å². The molecule has 3 rings (SSSR count). The number of rotatable bonds is 2. The van der Waals surface area contributed by atoms with Crippen LogP contribution in [0.1, 0.15) is 58.8 Å². The number of nitrogens with zero attached hydrogens (tertiary/aromatic N) is 2. The highest BCUT2D eigenvalue weighted by Gasteiger charge is 2.53. The number of urea groups is 1. The Kier molecular flexibility index (Phi) is 3.87. The summed E-state index contributed by atoms with van der Waals surface area (Å²) < 4.78 is 0. The van der Waals surface area contributed by atoms with E-state index in [2.05, 4.69) is 5.32 Å². The highest BCUT2D eigenvalue weighted by atomic mass is 16.2. The maximum Gasteiger partial charge on any atom is 0.325 e. The van der Waals surface area contributed by atoms with Gasteiger partial charge in [0, 0.05) is 12.1 Å². The molecule has 1 spiro atoms. The van der Waals surface area contributed by atoms with Crippen LogP contribution in [-0.4, -0.2) is 51.8 Å². The van der Waals surface area contributed by atoms with Crippen LogP contribution in [0.2, 0.25) is 0 Å². The number of amides is 4. The molecule has 0 radical (unpaired) electrons. The van der Waals surface area contributed by atoms with Crippen molar-refractivity contribution in [3.8, 4) is 0 Å². The van der Waals surface area contributed by atoms with Gasteiger partial charge < -0.3 is 10.2 Å². The van der Waals surface area contributed by atoms with Crippen LogP contribution in [0, 0.1) is 0 Å². The molecule has 2 saturated heterocycles. The average Bonchev–Trinajstić information content (AvgIpc) is 3.00. The quantitative estimate of drug-likeness (QED) is 0.789. The molecule has 6 nitrogen and oxygen atoms in total. The molecule has 3 fully saturated rings. The summed E-state index contributed by atoms with van der Waals surface area (Å²) in [6.07, 6.45) is 6.39. The van der Waals surface area contributed by atoms with Gasteiger partial charge in [0.1, 0.15) is 12.1 Å². The first-order valence-corrected chi connectivity index (χ1v) is 8.40. The minimum atomic E-state index is -0.726. The highest BCUT2D eigenvalue weighted by Crippen LogP contribution is 2.35. The van der Waals surface area contributed by atoms with Gasteiger partial charge in [-0.25, -0.2) is 4.79 Å². The Morgan fingerprint density at radius 2 is 1.73 bits per heavy atom. The molecule has 2 atom stereocenters. The first-order chi connectivity index (χ1) is 10.4. The molecule has 2 aliphatic heterocycles. The highest BCUT2D eigenvalue weighted by molar-refractivity contribution is 6.09. The second kappa shape index (κ2) is 5.56. The number of carbonyl (C=O) groups excluding carboxylic acids is 3. The van der Waals surface area contributed by atoms with Crippen LogP contribution >= 0.6 is 0 Å². The summed E-state index contributed by atoms with van der Waals surface area (Å²) in [7, 11) is 0. The van der Waals surface area contributed by atoms with Crippen molar-refractivity contribution in [1.29, 1.82) is 0 Å². The van der Waals surface area contributed by atoms with Crippen LogP contribution in [0.15, 0.2) is 0 Å². The fraction of sp³-hybridized carbons (Fsp3) is 0.812. The van der Waals surface area contributed by atoms with E-state index in [-0.39, 0.29) is 30.4 Å². The van der Waals surface area contributed by atoms with Gasteiger partial charge in [-0.3, -0.25) is 14.5 Å². The number of piperidine rings is 1. The Morgan fingerprint density at radius 1 is 1.14 bits per heavy atom. The maximum absolute atomic E-state index is 12.6. The number of likely N-dealkylation sites (tertiary alicyclic amines) is 1. The molecule has 3 aliphatic rings. The summed E-state index contributed by atoms with van der Waals surface area (Å²) in [4.78, 5) is 40.3. The van der Waals surface area contributed by atoms with Crippen molar-refractivity contribution < 1.29 is 14.4 Å². The Morgan fingerprint density at radius 3 is 2.32 bits per heavy atom. The predicted molar refractivity (Wildman–Crippen MR) is 81.1 cm³/mol. The van der Waals surface area contributed by atoms with Gasteiger partial charge >= 0.3 is 6.03 Å². The number of imide groups is 1. The zero-order valence-corrected chi connectivity index (χ0v) is 13.4. The lowest BCUT2D eigenvalue weighted by atomic mass is 9.97. The van der Waals surface area contributed by atoms with Gasteiger partial charge in [-0.2, -0.15) is 0 Å². The second-order valence-corrected chi connectivity index (χ2v) is 7.04. The monoisotopic (exact) mass is 307 g/mol. The number of hydrogen-bond donors (Lipinski definition) is 1. The van der Waals surface area contributed by atoms with Gasteiger partial charge in [-0.1, -0.05) is 12.8 Å². The third-order valence-electron chi connectivity index (χ3n) is 5.48. The predicted octanol–water partition coefficient (Wildman–Crippen LogP) is 1.64. The molecule has 0 aromatic heterocycles. The summed E-state index contributed by atoms with van der Waals surface area (Å²) in [5.41, 5.74) is -0.726. The summed E-state index contributed by atoms with van der Waals surface area (Å²) >= 11 is 0. The van der Waals surface area contributed by atoms with Crippen molar-refractivity contribution in [2.24, 2.45) is 0 Å². The molecule has 4 amide bonds. The summed E-state index contributed by atoms with van der Waals surface area (Å²) in [6.45, 7) is 3.96. The number of hydrogen-bond acceptors (Lipinski definition) is 3. The molecule has 1 saturated carbocycles. The smallest absolute Gasteiger partial charge is 0.325 e. The van der Waals surface area contributed by atoms with Crippen molar-refractivity contribution in [3.63, 3.8) is 0 Å². The first-order valence-electron chi connectivity index (χ1n) is 8.40. The topological polar surface area (TPSA) is 69.7 Å². The van der Waals surface area contributed by atoms with Crippen LogP contribution in [0.25, 0.3) is 0 Å². The second-order valence-electron chi connectivity index (χ2n) is 7.04. The van der Waals surface area contributed by atoms with Gasteiger partial charge in [0.15, 0.2) is 0 Å². The van der Waals surface area contributed by atoms with Gasteiger partial charge in [-0.05, 0) is 46.0 Å². The maximum atomic E-state index is 12.6. The SMILES string of the molecule is CC1CCCC(C)N1C(=O)CN1C(=O)NC2(CCCC2)C1=O. The molecule has 1 N–H and O–H groups in total. The lowest BCUT2D eigenvalue weighted by Gasteiger charge is -2.39. The normalized spacial score (nSPS) is 31.0. The van der Waals surface area contributed by atoms with Crippen LogP contribution in [0.4, 0.5) is 4.79 Å². The fourth-order valence-corrected chi connectivity index (χ4v) is 4.27. The Balaban J connectivity index is 1.71. The number of carbonyl (C=O) groups is 3. The summed E-state index contributed by atoms with van der Waals surface area (Å²) in [6, 6.07) is -0.0486. The van der Waals surface area contributed by atoms with Crippen LogP contribution in [0.5, 0.6) is 0 Å². The van der Waals surface area contributed by atoms with E-state index in [9.17, 15) is 14.4 Å². The van der Waals surface area contributed by atoms with E-state index in [0.717, 1.165) is 37.0 Å². The number of nitrogens with one attached hydrogen (secondary N) is 1. The zero-order chi connectivity index (χ0) is 15.9. The van der Waals surface area contributed by atoms with Gasteiger partial charge in [-0.15, -0.1) is 0 Å². The molecule has 0 bridgehead atoms. The van der Waals surface area contributed by atoms with Crippen molar-refractivity contribution in [1.82, 2.24) is 15.1 Å². The van der Waals surface area contributed by atoms with E-state index < -0.39 is 11.6 Å². The molecule has 2 heterocycles. The van der Waals surface area contributed by atoms with Crippen LogP contribution < -0.4 is 5.32 Å². The van der Waals surface area contributed by atoms with Crippen molar-refractivity contribution >= 4 is 17.8 Å². The third-order valence-corrected chi connectivity index (χ3v) is 5.48. The van der Waals surface area contributed by atoms with E-state index in [4.69, 9.17) is 0 Å². The molecule has 0 aromatic carbocycles. The Labute approximate surface area is 131 Å². The minimum absolute atomic E-state index is 0.113. The Bertz CT molecular complexity index is 489. The van der Waals surface area contributed by atoms with Crippen molar-refractivity contribution in [3.05, 3.63) is 0 Å². The fourth-order valence-electron chi connectivity index (χ4n) is 4.27. The molecule has 6 heteroatoms. The lowest BCUT2D eigenvalue weighted by molar-refractivity contribution is -0.142. The van der Waals surface area contributed by atoms with E-state index in [1.165, 1.54) is 0 Å². The van der Waals surface area contributed by atoms with E-state index in [0.29, 0.717) is 12.8 Å². The van der Waals surface area contributed by atoms with E-state index in [1.807, 2.05) is 18.7 Å². The van der Waals surface area contributed by atoms with E-state index in [1.54, 1.807) is 0 Å². The molecule has 22 heavy (non-hydrogen) atoms. The van der Waals surface area contributed by atoms with Crippen LogP contribution in [0.3, 0.4) is 0 Å². The third kappa shape index (κ3) is 2.38. The molecule has 0 aromatic rings. The largest absolute Gasteiger partial charge is 0.336 e.